The molecule has 2 aliphatic heterocycles. The maximum Gasteiger partial charge on any atom is 0.301 e. The van der Waals surface area contributed by atoms with Crippen LogP contribution in [0.5, 0.6) is 6.01 Å². The lowest BCUT2D eigenvalue weighted by Crippen LogP contribution is -2.35. The van der Waals surface area contributed by atoms with E-state index in [4.69, 9.17) is 40.5 Å². The first-order valence-corrected chi connectivity index (χ1v) is 21.0. The normalized spacial score (nSPS) is 20.9. The lowest BCUT2D eigenvalue weighted by atomic mass is 10.0. The molecule has 7 rings (SSSR count). The standard InChI is InChI=1S/C36H43ClN6O6Si/c1-36(2,45)15-22-16-39-43(18-22)25-10-11-27(38-17-25)23-6-8-24(9-7-23)31-26(37)14-28-34(40-31)41-35(42(28)21-46-12-13-50(3,4)5)49-30-20-48-32-29(44)19-47-33(30)32/h6-11,14,16-18,29-30,32-33,44-45H,12-13,15,19-21H2,1-5H3/t29-,30-,32-,33-/m1/s1. The van der Waals surface area contributed by atoms with Gasteiger partial charge in [0, 0.05) is 38.4 Å². The highest BCUT2D eigenvalue weighted by molar-refractivity contribution is 6.76. The van der Waals surface area contributed by atoms with Crippen LogP contribution in [0, 0.1) is 0 Å². The molecule has 1 aromatic carbocycles. The summed E-state index contributed by atoms with van der Waals surface area (Å²) in [5.74, 6) is 0. The third kappa shape index (κ3) is 7.64. The Kier molecular flexibility index (Phi) is 9.58. The second kappa shape index (κ2) is 13.8. The van der Waals surface area contributed by atoms with E-state index in [1.807, 2.05) is 53.2 Å². The average molecular weight is 719 g/mol. The van der Waals surface area contributed by atoms with E-state index in [0.717, 1.165) is 34.1 Å². The zero-order valence-electron chi connectivity index (χ0n) is 28.9. The van der Waals surface area contributed by atoms with Gasteiger partial charge in [0.1, 0.15) is 25.0 Å². The van der Waals surface area contributed by atoms with Gasteiger partial charge in [0.05, 0.1) is 58.8 Å². The van der Waals surface area contributed by atoms with Gasteiger partial charge in [0.15, 0.2) is 11.8 Å². The van der Waals surface area contributed by atoms with E-state index < -0.39 is 32.0 Å². The minimum Gasteiger partial charge on any atom is -0.456 e. The first kappa shape index (κ1) is 34.7. The van der Waals surface area contributed by atoms with Gasteiger partial charge in [0.25, 0.3) is 0 Å². The summed E-state index contributed by atoms with van der Waals surface area (Å²) < 4.78 is 27.7. The first-order valence-electron chi connectivity index (χ1n) is 16.9. The van der Waals surface area contributed by atoms with Gasteiger partial charge in [-0.15, -0.1) is 0 Å². The molecule has 4 aromatic heterocycles. The third-order valence-electron chi connectivity index (χ3n) is 8.85. The molecule has 2 aliphatic rings. The number of rotatable bonds is 12. The third-order valence-corrected chi connectivity index (χ3v) is 10.8. The number of imidazole rings is 1. The molecule has 0 unspecified atom stereocenters. The highest BCUT2D eigenvalue weighted by Gasteiger charge is 2.49. The molecule has 0 amide bonds. The second-order valence-corrected chi connectivity index (χ2v) is 20.9. The molecule has 0 aliphatic carbocycles. The summed E-state index contributed by atoms with van der Waals surface area (Å²) in [7, 11) is -1.29. The van der Waals surface area contributed by atoms with E-state index in [9.17, 15) is 10.2 Å². The minimum atomic E-state index is -1.29. The van der Waals surface area contributed by atoms with E-state index in [0.29, 0.717) is 40.9 Å². The maximum atomic E-state index is 10.2. The Morgan fingerprint density at radius 2 is 1.76 bits per heavy atom. The molecule has 0 radical (unpaired) electrons. The summed E-state index contributed by atoms with van der Waals surface area (Å²) in [6.07, 6.45) is 4.04. The number of halogens is 1. The molecule has 12 nitrogen and oxygen atoms in total. The second-order valence-electron chi connectivity index (χ2n) is 14.9. The molecule has 264 valence electrons. The molecule has 5 aromatic rings. The van der Waals surface area contributed by atoms with Crippen LogP contribution in [-0.2, 0) is 27.4 Å². The molecule has 2 fully saturated rings. The van der Waals surface area contributed by atoms with E-state index in [2.05, 4.69) is 29.7 Å². The zero-order chi connectivity index (χ0) is 35.2. The van der Waals surface area contributed by atoms with Gasteiger partial charge in [-0.05, 0) is 43.7 Å². The van der Waals surface area contributed by atoms with Crippen LogP contribution in [0.4, 0.5) is 0 Å². The SMILES string of the molecule is CC(C)(O)Cc1cnn(-c2ccc(-c3ccc(-c4nc5nc(O[C@@H]6CO[C@H]7[C@@H]6OC[C@H]7O)n(COCC[Si](C)(C)C)c5cc4Cl)cc3)nc2)c1. The first-order chi connectivity index (χ1) is 23.8. The number of hydrogen-bond donors (Lipinski definition) is 2. The largest absolute Gasteiger partial charge is 0.456 e. The number of pyridine rings is 2. The number of aliphatic hydroxyl groups excluding tert-OH is 1. The van der Waals surface area contributed by atoms with Gasteiger partial charge in [-0.1, -0.05) is 55.5 Å². The van der Waals surface area contributed by atoms with E-state index >= 15 is 0 Å². The lowest BCUT2D eigenvalue weighted by molar-refractivity contribution is 0.00339. The van der Waals surface area contributed by atoms with Gasteiger partial charge in [-0.3, -0.25) is 9.55 Å². The Bertz CT molecular complexity index is 1950. The highest BCUT2D eigenvalue weighted by atomic mass is 35.5. The predicted molar refractivity (Wildman–Crippen MR) is 192 cm³/mol. The molecular formula is C36H43ClN6O6Si. The molecule has 0 spiro atoms. The Morgan fingerprint density at radius 3 is 2.48 bits per heavy atom. The fourth-order valence-electron chi connectivity index (χ4n) is 6.22. The lowest BCUT2D eigenvalue weighted by Gasteiger charge is -2.19. The summed E-state index contributed by atoms with van der Waals surface area (Å²) in [6, 6.07) is 15.0. The van der Waals surface area contributed by atoms with Gasteiger partial charge in [0.2, 0.25) is 0 Å². The van der Waals surface area contributed by atoms with Crippen LogP contribution in [0.15, 0.2) is 61.1 Å². The van der Waals surface area contributed by atoms with Crippen molar-refractivity contribution in [3.63, 3.8) is 0 Å². The molecule has 0 saturated carbocycles. The van der Waals surface area contributed by atoms with Crippen molar-refractivity contribution in [3.8, 4) is 34.2 Å². The van der Waals surface area contributed by atoms with Crippen molar-refractivity contribution >= 4 is 30.8 Å². The Morgan fingerprint density at radius 1 is 1.00 bits per heavy atom. The zero-order valence-corrected chi connectivity index (χ0v) is 30.7. The van der Waals surface area contributed by atoms with Crippen LogP contribution in [0.3, 0.4) is 0 Å². The smallest absolute Gasteiger partial charge is 0.301 e. The van der Waals surface area contributed by atoms with E-state index in [1.54, 1.807) is 30.9 Å². The van der Waals surface area contributed by atoms with Crippen molar-refractivity contribution < 1.29 is 29.2 Å². The van der Waals surface area contributed by atoms with Crippen molar-refractivity contribution in [2.45, 2.75) is 82.7 Å². The maximum absolute atomic E-state index is 10.2. The van der Waals surface area contributed by atoms with Crippen LogP contribution in [0.2, 0.25) is 30.7 Å². The molecule has 4 atom stereocenters. The minimum absolute atomic E-state index is 0.211. The Hall–Kier alpha value is -3.69. The van der Waals surface area contributed by atoms with Crippen LogP contribution in [-0.4, -0.2) is 97.4 Å². The number of benzene rings is 1. The quantitative estimate of drug-likeness (QED) is 0.125. The van der Waals surface area contributed by atoms with Crippen molar-refractivity contribution in [2.24, 2.45) is 0 Å². The molecule has 2 saturated heterocycles. The Balaban J connectivity index is 1.11. The number of nitrogens with zero attached hydrogens (tertiary/aromatic N) is 6. The van der Waals surface area contributed by atoms with Crippen molar-refractivity contribution in [1.82, 2.24) is 29.3 Å². The molecule has 2 N–H and O–H groups in total. The van der Waals surface area contributed by atoms with E-state index in [1.165, 1.54) is 0 Å². The summed E-state index contributed by atoms with van der Waals surface area (Å²) in [6.45, 7) is 11.8. The van der Waals surface area contributed by atoms with Crippen molar-refractivity contribution in [2.75, 3.05) is 19.8 Å². The monoisotopic (exact) mass is 718 g/mol. The number of aromatic nitrogens is 6. The number of aliphatic hydroxyl groups is 2. The summed E-state index contributed by atoms with van der Waals surface area (Å²) in [5.41, 5.74) is 5.31. The van der Waals surface area contributed by atoms with Gasteiger partial charge in [-0.25, -0.2) is 9.67 Å². The van der Waals surface area contributed by atoms with Gasteiger partial charge < -0.3 is 29.2 Å². The number of hydrogen-bond acceptors (Lipinski definition) is 10. The summed E-state index contributed by atoms with van der Waals surface area (Å²) in [4.78, 5) is 14.3. The topological polar surface area (TPSA) is 139 Å². The predicted octanol–water partition coefficient (Wildman–Crippen LogP) is 5.53. The van der Waals surface area contributed by atoms with E-state index in [-0.39, 0.29) is 26.0 Å². The molecule has 6 heterocycles. The van der Waals surface area contributed by atoms with Crippen LogP contribution in [0.1, 0.15) is 19.4 Å². The number of ether oxygens (including phenoxy) is 4. The molecule has 14 heteroatoms. The average Bonchev–Trinajstić information content (AvgIpc) is 3.84. The van der Waals surface area contributed by atoms with Crippen LogP contribution in [0.25, 0.3) is 39.4 Å². The van der Waals surface area contributed by atoms with Crippen LogP contribution >= 0.6 is 11.6 Å². The van der Waals surface area contributed by atoms with Crippen LogP contribution < -0.4 is 4.74 Å². The Labute approximate surface area is 297 Å². The number of fused-ring (bicyclic) bond motifs is 2. The molecule has 50 heavy (non-hydrogen) atoms. The van der Waals surface area contributed by atoms with Crippen molar-refractivity contribution in [1.29, 1.82) is 0 Å². The van der Waals surface area contributed by atoms with Crippen molar-refractivity contribution in [3.05, 3.63) is 71.6 Å². The highest BCUT2D eigenvalue weighted by Crippen LogP contribution is 2.35. The molecular weight excluding hydrogens is 676 g/mol. The van der Waals surface area contributed by atoms with Gasteiger partial charge >= 0.3 is 6.01 Å². The van der Waals surface area contributed by atoms with Gasteiger partial charge in [-0.2, -0.15) is 10.1 Å². The fraction of sp³-hybridized carbons (Fsp3) is 0.444. The molecule has 0 bridgehead atoms. The fourth-order valence-corrected chi connectivity index (χ4v) is 7.23. The summed E-state index contributed by atoms with van der Waals surface area (Å²) in [5, 5.41) is 25.2. The summed E-state index contributed by atoms with van der Waals surface area (Å²) >= 11 is 6.89.